The summed E-state index contributed by atoms with van der Waals surface area (Å²) >= 11 is 0. The van der Waals surface area contributed by atoms with Crippen molar-refractivity contribution in [1.29, 1.82) is 0 Å². The summed E-state index contributed by atoms with van der Waals surface area (Å²) in [6, 6.07) is 8.19. The molecule has 130 valence electrons. The molecule has 1 amide bonds. The summed E-state index contributed by atoms with van der Waals surface area (Å²) in [7, 11) is 1.69. The van der Waals surface area contributed by atoms with Crippen molar-refractivity contribution in [3.63, 3.8) is 0 Å². The van der Waals surface area contributed by atoms with Crippen molar-refractivity contribution in [1.82, 2.24) is 5.32 Å². The maximum atomic E-state index is 12.7. The van der Waals surface area contributed by atoms with Crippen molar-refractivity contribution in [2.75, 3.05) is 13.7 Å². The number of ether oxygens (including phenoxy) is 1. The number of para-hydroxylation sites is 1. The number of rotatable bonds is 7. The minimum absolute atomic E-state index is 0. The van der Waals surface area contributed by atoms with Gasteiger partial charge in [-0.3, -0.25) is 4.79 Å². The molecular weight excluding hydrogens is 312 g/mol. The summed E-state index contributed by atoms with van der Waals surface area (Å²) in [6.45, 7) is 6.63. The molecule has 1 aromatic rings. The molecule has 0 spiro atoms. The summed E-state index contributed by atoms with van der Waals surface area (Å²) < 4.78 is 5.46. The minimum atomic E-state index is -0.440. The Hall–Kier alpha value is -1.26. The molecule has 0 aliphatic heterocycles. The van der Waals surface area contributed by atoms with Gasteiger partial charge in [-0.1, -0.05) is 39.0 Å². The van der Waals surface area contributed by atoms with Crippen LogP contribution in [0.5, 0.6) is 5.75 Å². The van der Waals surface area contributed by atoms with Gasteiger partial charge >= 0.3 is 0 Å². The number of nitrogens with one attached hydrogen (secondary N) is 1. The first-order chi connectivity index (χ1) is 10.5. The molecule has 1 aromatic carbocycles. The lowest BCUT2D eigenvalue weighted by Crippen LogP contribution is -2.47. The van der Waals surface area contributed by atoms with E-state index < -0.39 is 5.41 Å². The molecule has 0 aromatic heterocycles. The minimum Gasteiger partial charge on any atom is -0.496 e. The fourth-order valence-corrected chi connectivity index (χ4v) is 3.25. The average Bonchev–Trinajstić information content (AvgIpc) is 3.20. The number of carbonyl (C=O) groups is 1. The number of amides is 1. The Morgan fingerprint density at radius 3 is 2.52 bits per heavy atom. The number of methoxy groups -OCH3 is 1. The normalized spacial score (nSPS) is 22.9. The van der Waals surface area contributed by atoms with Crippen molar-refractivity contribution in [3.05, 3.63) is 29.8 Å². The van der Waals surface area contributed by atoms with Crippen molar-refractivity contribution in [2.45, 2.75) is 51.5 Å². The third-order valence-electron chi connectivity index (χ3n) is 5.49. The topological polar surface area (TPSA) is 64.4 Å². The third kappa shape index (κ3) is 3.48. The second kappa shape index (κ2) is 7.54. The Kier molecular flexibility index (Phi) is 6.49. The predicted molar refractivity (Wildman–Crippen MR) is 96.2 cm³/mol. The van der Waals surface area contributed by atoms with Crippen molar-refractivity contribution in [2.24, 2.45) is 11.1 Å². The van der Waals surface area contributed by atoms with Gasteiger partial charge in [0.2, 0.25) is 5.91 Å². The first-order valence-corrected chi connectivity index (χ1v) is 8.12. The van der Waals surface area contributed by atoms with Gasteiger partial charge in [0.25, 0.3) is 0 Å². The van der Waals surface area contributed by atoms with Crippen LogP contribution in [-0.2, 0) is 10.2 Å². The SMILES string of the molecule is CCC(CC)(CN)C(=O)NC1CC1(C)c1ccccc1OC.Cl. The highest BCUT2D eigenvalue weighted by Gasteiger charge is 2.54. The van der Waals surface area contributed by atoms with Crippen LogP contribution in [-0.4, -0.2) is 25.6 Å². The number of hydrogen-bond donors (Lipinski definition) is 2. The molecule has 0 bridgehead atoms. The molecule has 1 fully saturated rings. The summed E-state index contributed by atoms with van der Waals surface area (Å²) in [5, 5.41) is 3.21. The van der Waals surface area contributed by atoms with E-state index >= 15 is 0 Å². The lowest BCUT2D eigenvalue weighted by atomic mass is 9.81. The molecule has 4 nitrogen and oxygen atoms in total. The van der Waals surface area contributed by atoms with Crippen LogP contribution < -0.4 is 15.8 Å². The van der Waals surface area contributed by atoms with Crippen LogP contribution in [0.4, 0.5) is 0 Å². The number of halogens is 1. The first-order valence-electron chi connectivity index (χ1n) is 8.12. The molecule has 2 rings (SSSR count). The van der Waals surface area contributed by atoms with Gasteiger partial charge in [0.1, 0.15) is 5.75 Å². The highest BCUT2D eigenvalue weighted by molar-refractivity contribution is 5.85. The summed E-state index contributed by atoms with van der Waals surface area (Å²) in [4.78, 5) is 12.7. The average molecular weight is 341 g/mol. The fourth-order valence-electron chi connectivity index (χ4n) is 3.25. The van der Waals surface area contributed by atoms with Crippen LogP contribution in [0.2, 0.25) is 0 Å². The van der Waals surface area contributed by atoms with Crippen molar-refractivity contribution < 1.29 is 9.53 Å². The molecular formula is C18H29ClN2O2. The third-order valence-corrected chi connectivity index (χ3v) is 5.49. The van der Waals surface area contributed by atoms with Gasteiger partial charge in [-0.15, -0.1) is 12.4 Å². The first kappa shape index (κ1) is 19.8. The van der Waals surface area contributed by atoms with E-state index in [1.807, 2.05) is 32.0 Å². The summed E-state index contributed by atoms with van der Waals surface area (Å²) in [6.07, 6.45) is 2.47. The van der Waals surface area contributed by atoms with E-state index in [0.29, 0.717) is 6.54 Å². The molecule has 5 heteroatoms. The van der Waals surface area contributed by atoms with Gasteiger partial charge in [0, 0.05) is 23.6 Å². The highest BCUT2D eigenvalue weighted by atomic mass is 35.5. The number of carbonyl (C=O) groups excluding carboxylic acids is 1. The molecule has 1 aliphatic carbocycles. The van der Waals surface area contributed by atoms with E-state index in [1.165, 1.54) is 0 Å². The van der Waals surface area contributed by atoms with E-state index in [-0.39, 0.29) is 29.8 Å². The number of benzene rings is 1. The van der Waals surface area contributed by atoms with Crippen LogP contribution in [0.1, 0.15) is 45.6 Å². The van der Waals surface area contributed by atoms with Gasteiger partial charge in [-0.25, -0.2) is 0 Å². The van der Waals surface area contributed by atoms with Crippen LogP contribution in [0, 0.1) is 5.41 Å². The molecule has 2 atom stereocenters. The zero-order valence-electron chi connectivity index (χ0n) is 14.5. The van der Waals surface area contributed by atoms with Gasteiger partial charge in [-0.2, -0.15) is 0 Å². The Morgan fingerprint density at radius 2 is 2.00 bits per heavy atom. The predicted octanol–water partition coefficient (Wildman–Crippen LogP) is 3.03. The summed E-state index contributed by atoms with van der Waals surface area (Å²) in [5.41, 5.74) is 6.54. The maximum Gasteiger partial charge on any atom is 0.227 e. The van der Waals surface area contributed by atoms with E-state index in [9.17, 15) is 4.79 Å². The molecule has 0 radical (unpaired) electrons. The second-order valence-corrected chi connectivity index (χ2v) is 6.54. The molecule has 0 heterocycles. The van der Waals surface area contributed by atoms with Crippen LogP contribution >= 0.6 is 12.4 Å². The molecule has 0 saturated heterocycles. The van der Waals surface area contributed by atoms with E-state index in [2.05, 4.69) is 18.3 Å². The Morgan fingerprint density at radius 1 is 1.39 bits per heavy atom. The Bertz CT molecular complexity index is 537. The molecule has 2 unspecified atom stereocenters. The van der Waals surface area contributed by atoms with Crippen molar-refractivity contribution in [3.8, 4) is 5.75 Å². The van der Waals surface area contributed by atoms with Gasteiger partial charge < -0.3 is 15.8 Å². The van der Waals surface area contributed by atoms with Crippen LogP contribution in [0.15, 0.2) is 24.3 Å². The molecule has 23 heavy (non-hydrogen) atoms. The van der Waals surface area contributed by atoms with Gasteiger partial charge in [-0.05, 0) is 25.3 Å². The molecule has 1 saturated carbocycles. The standard InChI is InChI=1S/C18H28N2O2.ClH/c1-5-18(6-2,12-19)16(21)20-15-11-17(15,3)13-9-7-8-10-14(13)22-4;/h7-10,15H,5-6,11-12,19H2,1-4H3,(H,20,21);1H. The molecule has 3 N–H and O–H groups in total. The monoisotopic (exact) mass is 340 g/mol. The largest absolute Gasteiger partial charge is 0.496 e. The lowest BCUT2D eigenvalue weighted by Gasteiger charge is -2.29. The van der Waals surface area contributed by atoms with Crippen molar-refractivity contribution >= 4 is 18.3 Å². The zero-order valence-corrected chi connectivity index (χ0v) is 15.3. The van der Waals surface area contributed by atoms with Gasteiger partial charge in [0.05, 0.1) is 12.5 Å². The Balaban J connectivity index is 0.00000264. The number of hydrogen-bond acceptors (Lipinski definition) is 3. The Labute approximate surface area is 145 Å². The number of nitrogens with two attached hydrogens (primary N) is 1. The quantitative estimate of drug-likeness (QED) is 0.801. The lowest BCUT2D eigenvalue weighted by molar-refractivity contribution is -0.131. The van der Waals surface area contributed by atoms with Crippen LogP contribution in [0.25, 0.3) is 0 Å². The van der Waals surface area contributed by atoms with E-state index in [1.54, 1.807) is 7.11 Å². The fraction of sp³-hybridized carbons (Fsp3) is 0.611. The molecule has 1 aliphatic rings. The van der Waals surface area contributed by atoms with E-state index in [0.717, 1.165) is 30.6 Å². The maximum absolute atomic E-state index is 12.7. The van der Waals surface area contributed by atoms with Gasteiger partial charge in [0.15, 0.2) is 0 Å². The zero-order chi connectivity index (χ0) is 16.4. The smallest absolute Gasteiger partial charge is 0.227 e. The highest BCUT2D eigenvalue weighted by Crippen LogP contribution is 2.51. The second-order valence-electron chi connectivity index (χ2n) is 6.54. The van der Waals surface area contributed by atoms with E-state index in [4.69, 9.17) is 10.5 Å². The summed E-state index contributed by atoms with van der Waals surface area (Å²) in [5.74, 6) is 0.974. The van der Waals surface area contributed by atoms with Crippen LogP contribution in [0.3, 0.4) is 0 Å².